The van der Waals surface area contributed by atoms with Crippen molar-refractivity contribution >= 4 is 21.6 Å². The maximum atomic E-state index is 12.8. The number of carbonyl (C=O) groups excluding carboxylic acids is 1. The third-order valence-corrected chi connectivity index (χ3v) is 5.39. The number of hydrogen-bond donors (Lipinski definition) is 1. The normalized spacial score (nSPS) is 13.6. The fourth-order valence-corrected chi connectivity index (χ4v) is 3.68. The molecular weight excluding hydrogens is 425 g/mol. The quantitative estimate of drug-likeness (QED) is 0.740. The molecule has 1 N–H and O–H groups in total. The summed E-state index contributed by atoms with van der Waals surface area (Å²) in [5.41, 5.74) is -0.386. The first-order valence-electron chi connectivity index (χ1n) is 8.84. The van der Waals surface area contributed by atoms with Gasteiger partial charge in [0.2, 0.25) is 15.9 Å². The molecule has 1 amide bonds. The van der Waals surface area contributed by atoms with Crippen LogP contribution in [0.15, 0.2) is 42.5 Å². The first-order valence-corrected chi connectivity index (χ1v) is 10.7. The molecular formula is C19H19F3N2O5S. The summed E-state index contributed by atoms with van der Waals surface area (Å²) >= 11 is 0. The monoisotopic (exact) mass is 444 g/mol. The van der Waals surface area contributed by atoms with Crippen LogP contribution in [0.3, 0.4) is 0 Å². The van der Waals surface area contributed by atoms with E-state index in [1.165, 1.54) is 24.3 Å². The number of nitrogens with zero attached hydrogens (tertiary/aromatic N) is 1. The summed E-state index contributed by atoms with van der Waals surface area (Å²) in [7, 11) is -3.82. The number of anilines is 1. The van der Waals surface area contributed by atoms with E-state index in [0.717, 1.165) is 22.7 Å². The largest absolute Gasteiger partial charge is 0.486 e. The van der Waals surface area contributed by atoms with Gasteiger partial charge in [0, 0.05) is 12.6 Å². The number of ether oxygens (including phenoxy) is 2. The summed E-state index contributed by atoms with van der Waals surface area (Å²) in [5, 5.41) is 2.44. The van der Waals surface area contributed by atoms with E-state index in [9.17, 15) is 26.4 Å². The molecule has 0 radical (unpaired) electrons. The van der Waals surface area contributed by atoms with E-state index in [4.69, 9.17) is 9.47 Å². The average Bonchev–Trinajstić information content (AvgIpc) is 2.69. The van der Waals surface area contributed by atoms with Crippen LogP contribution in [-0.2, 0) is 27.5 Å². The molecule has 0 atom stereocenters. The minimum absolute atomic E-state index is 0.179. The highest BCUT2D eigenvalue weighted by molar-refractivity contribution is 7.92. The fraction of sp³-hybridized carbons (Fsp3) is 0.316. The SMILES string of the molecule is CS(=O)(=O)N(CC(=O)NCc1cccc(C(F)(F)F)c1)c1ccc2c(c1)OCCO2. The van der Waals surface area contributed by atoms with Gasteiger partial charge in [-0.2, -0.15) is 13.2 Å². The molecule has 0 unspecified atom stereocenters. The highest BCUT2D eigenvalue weighted by Crippen LogP contribution is 2.34. The molecule has 0 saturated heterocycles. The van der Waals surface area contributed by atoms with Crippen molar-refractivity contribution in [3.63, 3.8) is 0 Å². The molecule has 1 heterocycles. The van der Waals surface area contributed by atoms with Gasteiger partial charge >= 0.3 is 6.18 Å². The Morgan fingerprint density at radius 3 is 2.47 bits per heavy atom. The summed E-state index contributed by atoms with van der Waals surface area (Å²) in [6.07, 6.45) is -3.55. The molecule has 2 aromatic carbocycles. The second kappa shape index (κ2) is 8.42. The second-order valence-corrected chi connectivity index (χ2v) is 8.48. The van der Waals surface area contributed by atoms with E-state index in [1.807, 2.05) is 0 Å². The van der Waals surface area contributed by atoms with Gasteiger partial charge in [-0.05, 0) is 29.8 Å². The molecule has 0 spiro atoms. The van der Waals surface area contributed by atoms with E-state index >= 15 is 0 Å². The first kappa shape index (κ1) is 21.8. The summed E-state index contributed by atoms with van der Waals surface area (Å²) in [6.45, 7) is -0.0359. The van der Waals surface area contributed by atoms with Gasteiger partial charge in [0.15, 0.2) is 11.5 Å². The Hall–Kier alpha value is -2.95. The van der Waals surface area contributed by atoms with Crippen LogP contribution >= 0.6 is 0 Å². The number of alkyl halides is 3. The molecule has 7 nitrogen and oxygen atoms in total. The van der Waals surface area contributed by atoms with Crippen LogP contribution in [0.2, 0.25) is 0 Å². The average molecular weight is 444 g/mol. The van der Waals surface area contributed by atoms with Crippen LogP contribution in [0, 0.1) is 0 Å². The van der Waals surface area contributed by atoms with Crippen molar-refractivity contribution in [3.8, 4) is 11.5 Å². The summed E-state index contributed by atoms with van der Waals surface area (Å²) in [6, 6.07) is 9.01. The van der Waals surface area contributed by atoms with Gasteiger partial charge in [-0.1, -0.05) is 12.1 Å². The Kier molecular flexibility index (Phi) is 6.11. The lowest BCUT2D eigenvalue weighted by Crippen LogP contribution is -2.40. The number of halogens is 3. The zero-order valence-electron chi connectivity index (χ0n) is 15.9. The van der Waals surface area contributed by atoms with Crippen molar-refractivity contribution in [2.75, 3.05) is 30.3 Å². The molecule has 30 heavy (non-hydrogen) atoms. The highest BCUT2D eigenvalue weighted by Gasteiger charge is 2.30. The second-order valence-electron chi connectivity index (χ2n) is 6.57. The van der Waals surface area contributed by atoms with Crippen molar-refractivity contribution in [1.82, 2.24) is 5.32 Å². The smallest absolute Gasteiger partial charge is 0.416 e. The van der Waals surface area contributed by atoms with Gasteiger partial charge in [-0.3, -0.25) is 9.10 Å². The van der Waals surface area contributed by atoms with E-state index in [2.05, 4.69) is 5.32 Å². The number of fused-ring (bicyclic) bond motifs is 1. The molecule has 1 aliphatic heterocycles. The van der Waals surface area contributed by atoms with Crippen molar-refractivity contribution in [2.45, 2.75) is 12.7 Å². The molecule has 1 aliphatic rings. The number of amides is 1. The van der Waals surface area contributed by atoms with E-state index in [-0.39, 0.29) is 17.8 Å². The molecule has 162 valence electrons. The Morgan fingerprint density at radius 1 is 1.10 bits per heavy atom. The standard InChI is InChI=1S/C19H19F3N2O5S/c1-30(26,27)24(15-5-6-16-17(10-15)29-8-7-28-16)12-18(25)23-11-13-3-2-4-14(9-13)19(20,21)22/h2-6,9-10H,7-8,11-12H2,1H3,(H,23,25). The van der Waals surface area contributed by atoms with Crippen LogP contribution in [0.4, 0.5) is 18.9 Å². The zero-order chi connectivity index (χ0) is 21.9. The summed E-state index contributed by atoms with van der Waals surface area (Å²) in [5.74, 6) is 0.150. The third-order valence-electron chi connectivity index (χ3n) is 4.25. The van der Waals surface area contributed by atoms with Crippen LogP contribution < -0.4 is 19.1 Å². The molecule has 11 heteroatoms. The minimum Gasteiger partial charge on any atom is -0.486 e. The Labute approximate surface area is 171 Å². The van der Waals surface area contributed by atoms with Crippen LogP contribution in [0.25, 0.3) is 0 Å². The zero-order valence-corrected chi connectivity index (χ0v) is 16.7. The Bertz CT molecular complexity index is 1040. The van der Waals surface area contributed by atoms with Gasteiger partial charge in [0.1, 0.15) is 19.8 Å². The van der Waals surface area contributed by atoms with E-state index in [0.29, 0.717) is 24.7 Å². The number of hydrogen-bond acceptors (Lipinski definition) is 5. The minimum atomic E-state index is -4.49. The van der Waals surface area contributed by atoms with Gasteiger partial charge in [-0.15, -0.1) is 0 Å². The molecule has 2 aromatic rings. The molecule has 0 saturated carbocycles. The topological polar surface area (TPSA) is 84.9 Å². The van der Waals surface area contributed by atoms with Crippen molar-refractivity contribution < 1.29 is 35.9 Å². The third kappa shape index (κ3) is 5.35. The summed E-state index contributed by atoms with van der Waals surface area (Å²) in [4.78, 5) is 12.3. The van der Waals surface area contributed by atoms with E-state index in [1.54, 1.807) is 6.07 Å². The van der Waals surface area contributed by atoms with Gasteiger partial charge in [0.05, 0.1) is 17.5 Å². The van der Waals surface area contributed by atoms with Crippen molar-refractivity contribution in [1.29, 1.82) is 0 Å². The number of nitrogens with one attached hydrogen (secondary N) is 1. The van der Waals surface area contributed by atoms with Gasteiger partial charge < -0.3 is 14.8 Å². The van der Waals surface area contributed by atoms with E-state index < -0.39 is 34.2 Å². The van der Waals surface area contributed by atoms with Crippen LogP contribution in [-0.4, -0.2) is 40.3 Å². The maximum absolute atomic E-state index is 12.8. The molecule has 0 fully saturated rings. The maximum Gasteiger partial charge on any atom is 0.416 e. The molecule has 0 aromatic heterocycles. The predicted molar refractivity (Wildman–Crippen MR) is 103 cm³/mol. The van der Waals surface area contributed by atoms with Crippen molar-refractivity contribution in [2.24, 2.45) is 0 Å². The predicted octanol–water partition coefficient (Wildman–Crippen LogP) is 2.56. The van der Waals surface area contributed by atoms with Crippen molar-refractivity contribution in [3.05, 3.63) is 53.6 Å². The fourth-order valence-electron chi connectivity index (χ4n) is 2.83. The van der Waals surface area contributed by atoms with Crippen LogP contribution in [0.5, 0.6) is 11.5 Å². The molecule has 3 rings (SSSR count). The Morgan fingerprint density at radius 2 is 1.80 bits per heavy atom. The highest BCUT2D eigenvalue weighted by atomic mass is 32.2. The Balaban J connectivity index is 1.71. The molecule has 0 aliphatic carbocycles. The number of carbonyl (C=O) groups is 1. The lowest BCUT2D eigenvalue weighted by Gasteiger charge is -2.24. The van der Waals surface area contributed by atoms with Gasteiger partial charge in [0.25, 0.3) is 0 Å². The lowest BCUT2D eigenvalue weighted by atomic mass is 10.1. The summed E-state index contributed by atoms with van der Waals surface area (Å²) < 4.78 is 74.5. The lowest BCUT2D eigenvalue weighted by molar-refractivity contribution is -0.137. The van der Waals surface area contributed by atoms with Gasteiger partial charge in [-0.25, -0.2) is 8.42 Å². The first-order chi connectivity index (χ1) is 14.0. The number of rotatable bonds is 6. The molecule has 0 bridgehead atoms. The van der Waals surface area contributed by atoms with Crippen LogP contribution in [0.1, 0.15) is 11.1 Å². The number of benzene rings is 2. The number of sulfonamides is 1.